The molecule has 1 unspecified atom stereocenters. The predicted molar refractivity (Wildman–Crippen MR) is 128 cm³/mol. The van der Waals surface area contributed by atoms with Gasteiger partial charge in [0, 0.05) is 24.7 Å². The van der Waals surface area contributed by atoms with Crippen LogP contribution < -0.4 is 11.3 Å². The van der Waals surface area contributed by atoms with Crippen LogP contribution in [0.1, 0.15) is 30.6 Å². The highest BCUT2D eigenvalue weighted by Crippen LogP contribution is 2.36. The number of nitrogens with zero attached hydrogens (tertiary/aromatic N) is 3. The van der Waals surface area contributed by atoms with E-state index >= 15 is 0 Å². The Morgan fingerprint density at radius 1 is 1.16 bits per heavy atom. The molecule has 0 saturated carbocycles. The second-order valence-electron chi connectivity index (χ2n) is 7.05. The van der Waals surface area contributed by atoms with E-state index in [0.717, 1.165) is 31.5 Å². The van der Waals surface area contributed by atoms with Gasteiger partial charge in [0.15, 0.2) is 5.16 Å². The molecule has 0 radical (unpaired) electrons. The first-order chi connectivity index (χ1) is 15.1. The van der Waals surface area contributed by atoms with Crippen molar-refractivity contribution in [2.45, 2.75) is 36.7 Å². The van der Waals surface area contributed by atoms with E-state index in [1.54, 1.807) is 22.8 Å². The van der Waals surface area contributed by atoms with Crippen molar-refractivity contribution in [3.8, 4) is 0 Å². The van der Waals surface area contributed by atoms with Gasteiger partial charge in [0.25, 0.3) is 5.56 Å². The number of carbonyl (C=O) groups is 1. The molecule has 1 fully saturated rings. The summed E-state index contributed by atoms with van der Waals surface area (Å²) < 4.78 is 1.62. The van der Waals surface area contributed by atoms with E-state index in [4.69, 9.17) is 16.6 Å². The first-order valence-corrected chi connectivity index (χ1v) is 11.6. The number of aromatic nitrogens is 2. The van der Waals surface area contributed by atoms with Gasteiger partial charge in [-0.1, -0.05) is 53.7 Å². The van der Waals surface area contributed by atoms with Crippen LogP contribution in [0.25, 0.3) is 10.9 Å². The number of hydrogen-bond acceptors (Lipinski definition) is 5. The van der Waals surface area contributed by atoms with Crippen molar-refractivity contribution in [2.75, 3.05) is 20.1 Å². The lowest BCUT2D eigenvalue weighted by Gasteiger charge is -2.24. The topological polar surface area (TPSA) is 81.2 Å². The maximum absolute atomic E-state index is 13.3. The van der Waals surface area contributed by atoms with Crippen LogP contribution in [0.5, 0.6) is 0 Å². The summed E-state index contributed by atoms with van der Waals surface area (Å²) in [4.78, 5) is 33.0. The molecule has 2 N–H and O–H groups in total. The molecular weight excluding hydrogens is 432 g/mol. The quantitative estimate of drug-likeness (QED) is 0.459. The number of nitrogens with two attached hydrogens (primary N) is 1. The minimum Gasteiger partial charge on any atom is -0.341 e. The number of halogens is 1. The molecule has 0 aliphatic carbocycles. The molecule has 4 rings (SSSR count). The maximum atomic E-state index is 13.3. The molecule has 1 atom stereocenters. The summed E-state index contributed by atoms with van der Waals surface area (Å²) in [5.74, 6) is 0.0757. The Labute approximate surface area is 191 Å². The fraction of sp³-hybridized carbons (Fsp3) is 0.348. The molecule has 1 aromatic heterocycles. The molecule has 1 saturated heterocycles. The lowest BCUT2D eigenvalue weighted by Crippen LogP contribution is -2.32. The van der Waals surface area contributed by atoms with Gasteiger partial charge in [-0.3, -0.25) is 14.2 Å². The summed E-state index contributed by atoms with van der Waals surface area (Å²) in [5.41, 5.74) is 5.87. The van der Waals surface area contributed by atoms with Crippen molar-refractivity contribution in [1.29, 1.82) is 0 Å². The SMILES string of the molecule is CCn1c(SC(C(=O)N2CCCC2)c2ccccc2)nc2ccc(Cl)cc2c1=O.CN. The fourth-order valence-corrected chi connectivity index (χ4v) is 5.06. The molecule has 3 aromatic rings. The van der Waals surface area contributed by atoms with Crippen LogP contribution >= 0.6 is 23.4 Å². The van der Waals surface area contributed by atoms with Gasteiger partial charge in [-0.05, 0) is 50.6 Å². The summed E-state index contributed by atoms with van der Waals surface area (Å²) in [5, 5.41) is 1.11. The molecule has 6 nitrogen and oxygen atoms in total. The molecule has 164 valence electrons. The molecule has 2 aromatic carbocycles. The zero-order chi connectivity index (χ0) is 22.4. The van der Waals surface area contributed by atoms with Gasteiger partial charge in [-0.15, -0.1) is 0 Å². The summed E-state index contributed by atoms with van der Waals surface area (Å²) in [7, 11) is 1.50. The molecular formula is C23H27ClN4O2S. The zero-order valence-electron chi connectivity index (χ0n) is 17.8. The zero-order valence-corrected chi connectivity index (χ0v) is 19.3. The number of hydrogen-bond donors (Lipinski definition) is 1. The average molecular weight is 459 g/mol. The van der Waals surface area contributed by atoms with E-state index in [1.165, 1.54) is 18.8 Å². The Balaban J connectivity index is 0.00000132. The Hall–Kier alpha value is -2.35. The first-order valence-electron chi connectivity index (χ1n) is 10.4. The fourth-order valence-electron chi connectivity index (χ4n) is 3.64. The summed E-state index contributed by atoms with van der Waals surface area (Å²) in [6, 6.07) is 14.9. The van der Waals surface area contributed by atoms with Gasteiger partial charge in [-0.2, -0.15) is 0 Å². The summed E-state index contributed by atoms with van der Waals surface area (Å²) >= 11 is 7.42. The van der Waals surface area contributed by atoms with Gasteiger partial charge >= 0.3 is 0 Å². The summed E-state index contributed by atoms with van der Waals surface area (Å²) in [6.45, 7) is 3.94. The Morgan fingerprint density at radius 2 is 1.84 bits per heavy atom. The monoisotopic (exact) mass is 458 g/mol. The molecule has 0 bridgehead atoms. The molecule has 1 amide bonds. The number of amides is 1. The second kappa shape index (κ2) is 10.8. The number of rotatable bonds is 5. The number of thioether (sulfide) groups is 1. The Kier molecular flexibility index (Phi) is 8.12. The highest BCUT2D eigenvalue weighted by atomic mass is 35.5. The lowest BCUT2D eigenvalue weighted by molar-refractivity contribution is -0.129. The highest BCUT2D eigenvalue weighted by Gasteiger charge is 2.30. The standard InChI is InChI=1S/C22H22ClN3O2S.CH5N/c1-2-26-20(27)17-14-16(23)10-11-18(17)24-22(26)29-19(15-8-4-3-5-9-15)21(28)25-12-6-7-13-25;1-2/h3-5,8-11,14,19H,2,6-7,12-13H2,1H3;2H2,1H3. The smallest absolute Gasteiger partial charge is 0.262 e. The van der Waals surface area contributed by atoms with Crippen LogP contribution in [-0.4, -0.2) is 40.5 Å². The number of carbonyl (C=O) groups excluding carboxylic acids is 1. The van der Waals surface area contributed by atoms with E-state index in [1.807, 2.05) is 42.2 Å². The van der Waals surface area contributed by atoms with Crippen LogP contribution in [0.2, 0.25) is 5.02 Å². The minimum absolute atomic E-state index is 0.0757. The Morgan fingerprint density at radius 3 is 2.48 bits per heavy atom. The molecule has 1 aliphatic heterocycles. The van der Waals surface area contributed by atoms with Crippen molar-refractivity contribution in [1.82, 2.24) is 14.5 Å². The Bertz CT molecular complexity index is 1100. The van der Waals surface area contributed by atoms with Crippen LogP contribution in [-0.2, 0) is 11.3 Å². The molecule has 0 spiro atoms. The number of benzene rings is 2. The van der Waals surface area contributed by atoms with E-state index in [2.05, 4.69) is 5.73 Å². The van der Waals surface area contributed by atoms with Crippen molar-refractivity contribution in [3.63, 3.8) is 0 Å². The van der Waals surface area contributed by atoms with E-state index in [0.29, 0.717) is 27.6 Å². The van der Waals surface area contributed by atoms with Crippen molar-refractivity contribution >= 4 is 40.2 Å². The van der Waals surface area contributed by atoms with Crippen molar-refractivity contribution < 1.29 is 4.79 Å². The average Bonchev–Trinajstić information content (AvgIpc) is 3.35. The highest BCUT2D eigenvalue weighted by molar-refractivity contribution is 8.00. The lowest BCUT2D eigenvalue weighted by atomic mass is 10.1. The van der Waals surface area contributed by atoms with E-state index in [9.17, 15) is 9.59 Å². The third-order valence-corrected chi connectivity index (χ3v) is 6.63. The molecule has 1 aliphatic rings. The number of fused-ring (bicyclic) bond motifs is 1. The van der Waals surface area contributed by atoms with Crippen LogP contribution in [0.15, 0.2) is 58.5 Å². The van der Waals surface area contributed by atoms with Crippen LogP contribution in [0, 0.1) is 0 Å². The molecule has 31 heavy (non-hydrogen) atoms. The van der Waals surface area contributed by atoms with Gasteiger partial charge in [0.2, 0.25) is 5.91 Å². The van der Waals surface area contributed by atoms with Gasteiger partial charge in [0.05, 0.1) is 10.9 Å². The van der Waals surface area contributed by atoms with Gasteiger partial charge in [0.1, 0.15) is 5.25 Å². The van der Waals surface area contributed by atoms with E-state index in [-0.39, 0.29) is 11.5 Å². The number of likely N-dealkylation sites (tertiary alicyclic amines) is 1. The molecule has 2 heterocycles. The maximum Gasteiger partial charge on any atom is 0.262 e. The van der Waals surface area contributed by atoms with Gasteiger partial charge in [-0.25, -0.2) is 4.98 Å². The van der Waals surface area contributed by atoms with Crippen molar-refractivity contribution in [3.05, 3.63) is 69.5 Å². The van der Waals surface area contributed by atoms with Crippen molar-refractivity contribution in [2.24, 2.45) is 5.73 Å². The normalized spacial score (nSPS) is 14.3. The third kappa shape index (κ3) is 5.11. The minimum atomic E-state index is -0.441. The third-order valence-electron chi connectivity index (χ3n) is 5.16. The largest absolute Gasteiger partial charge is 0.341 e. The van der Waals surface area contributed by atoms with E-state index < -0.39 is 5.25 Å². The van der Waals surface area contributed by atoms with Gasteiger partial charge < -0.3 is 10.6 Å². The predicted octanol–water partition coefficient (Wildman–Crippen LogP) is 4.10. The van der Waals surface area contributed by atoms with Crippen LogP contribution in [0.3, 0.4) is 0 Å². The summed E-state index contributed by atoms with van der Waals surface area (Å²) in [6.07, 6.45) is 2.07. The second-order valence-corrected chi connectivity index (χ2v) is 8.55. The first kappa shape index (κ1) is 23.3. The van der Waals surface area contributed by atoms with Crippen LogP contribution in [0.4, 0.5) is 0 Å². The molecule has 8 heteroatoms.